The summed E-state index contributed by atoms with van der Waals surface area (Å²) in [6.07, 6.45) is 0. The number of esters is 1. The van der Waals surface area contributed by atoms with E-state index in [4.69, 9.17) is 10.3 Å². The van der Waals surface area contributed by atoms with Gasteiger partial charge in [0.25, 0.3) is 0 Å². The van der Waals surface area contributed by atoms with E-state index in [2.05, 4.69) is 20.2 Å². The van der Waals surface area contributed by atoms with E-state index >= 15 is 0 Å². The van der Waals surface area contributed by atoms with Crippen LogP contribution in [0.5, 0.6) is 0 Å². The van der Waals surface area contributed by atoms with E-state index in [-0.39, 0.29) is 0 Å². The van der Waals surface area contributed by atoms with Gasteiger partial charge in [0.2, 0.25) is 0 Å². The van der Waals surface area contributed by atoms with Gasteiger partial charge in [-0.25, -0.2) is 4.79 Å². The number of rotatable bonds is 3. The Morgan fingerprint density at radius 2 is 2.15 bits per heavy atom. The second kappa shape index (κ2) is 6.27. The summed E-state index contributed by atoms with van der Waals surface area (Å²) < 4.78 is 4.79. The molecule has 1 aromatic rings. The molecule has 1 saturated heterocycles. The van der Waals surface area contributed by atoms with E-state index in [1.54, 1.807) is 6.07 Å². The second-order valence-electron chi connectivity index (χ2n) is 4.56. The number of azide groups is 1. The zero-order valence-corrected chi connectivity index (χ0v) is 11.6. The summed E-state index contributed by atoms with van der Waals surface area (Å²) in [7, 11) is 1.34. The third-order valence-electron chi connectivity index (χ3n) is 3.39. The maximum Gasteiger partial charge on any atom is 0.338 e. The van der Waals surface area contributed by atoms with Crippen molar-refractivity contribution in [2.24, 2.45) is 5.11 Å². The topological polar surface area (TPSA) is 90.3 Å². The molecule has 1 aromatic carbocycles. The van der Waals surface area contributed by atoms with Crippen LogP contribution in [0, 0.1) is 6.92 Å². The lowest BCUT2D eigenvalue weighted by molar-refractivity contribution is 0.0600. The van der Waals surface area contributed by atoms with E-state index in [1.807, 2.05) is 13.0 Å². The van der Waals surface area contributed by atoms with Crippen LogP contribution in [0.25, 0.3) is 10.4 Å². The van der Waals surface area contributed by atoms with Gasteiger partial charge in [0, 0.05) is 42.5 Å². The fraction of sp³-hybridized carbons (Fsp3) is 0.462. The lowest BCUT2D eigenvalue weighted by atomic mass is 10.0. The molecule has 0 spiro atoms. The van der Waals surface area contributed by atoms with Gasteiger partial charge >= 0.3 is 5.97 Å². The maximum absolute atomic E-state index is 11.8. The van der Waals surface area contributed by atoms with Gasteiger partial charge in [0.15, 0.2) is 0 Å². The third kappa shape index (κ3) is 2.84. The molecule has 0 aromatic heterocycles. The molecule has 0 saturated carbocycles. The molecule has 1 aliphatic heterocycles. The minimum absolute atomic E-state index is 0.422. The van der Waals surface area contributed by atoms with Crippen LogP contribution < -0.4 is 10.2 Å². The molecular formula is C13H17N5O2. The summed E-state index contributed by atoms with van der Waals surface area (Å²) in [5.41, 5.74) is 11.2. The number of hydrogen-bond donors (Lipinski definition) is 1. The van der Waals surface area contributed by atoms with E-state index in [0.717, 1.165) is 37.4 Å². The van der Waals surface area contributed by atoms with Crippen LogP contribution in [0.4, 0.5) is 11.4 Å². The van der Waals surface area contributed by atoms with Crippen LogP contribution in [-0.4, -0.2) is 39.3 Å². The zero-order chi connectivity index (χ0) is 14.5. The van der Waals surface area contributed by atoms with Gasteiger partial charge in [-0.1, -0.05) is 5.11 Å². The molecule has 20 heavy (non-hydrogen) atoms. The summed E-state index contributed by atoms with van der Waals surface area (Å²) in [6, 6.07) is 3.37. The minimum atomic E-state index is -0.422. The summed E-state index contributed by atoms with van der Waals surface area (Å²) >= 11 is 0. The van der Waals surface area contributed by atoms with Crippen molar-refractivity contribution in [1.82, 2.24) is 5.32 Å². The Hall–Kier alpha value is -2.24. The summed E-state index contributed by atoms with van der Waals surface area (Å²) in [5, 5.41) is 6.89. The monoisotopic (exact) mass is 275 g/mol. The number of carbonyl (C=O) groups excluding carboxylic acids is 1. The molecule has 2 rings (SSSR count). The number of hydrogen-bond acceptors (Lipinski definition) is 5. The van der Waals surface area contributed by atoms with Gasteiger partial charge in [-0.2, -0.15) is 0 Å². The lowest BCUT2D eigenvalue weighted by Gasteiger charge is -2.31. The average Bonchev–Trinajstić information content (AvgIpc) is 2.49. The number of nitrogens with zero attached hydrogens (tertiary/aromatic N) is 4. The molecule has 0 bridgehead atoms. The van der Waals surface area contributed by atoms with Crippen molar-refractivity contribution in [3.8, 4) is 0 Å². The van der Waals surface area contributed by atoms with E-state index in [9.17, 15) is 4.79 Å². The van der Waals surface area contributed by atoms with Gasteiger partial charge in [-0.15, -0.1) is 0 Å². The number of nitrogens with one attached hydrogen (secondary N) is 1. The number of piperazine rings is 1. The Morgan fingerprint density at radius 3 is 2.75 bits per heavy atom. The maximum atomic E-state index is 11.8. The van der Waals surface area contributed by atoms with Gasteiger partial charge < -0.3 is 15.0 Å². The van der Waals surface area contributed by atoms with Crippen LogP contribution in [0.2, 0.25) is 0 Å². The predicted molar refractivity (Wildman–Crippen MR) is 76.4 cm³/mol. The highest BCUT2D eigenvalue weighted by molar-refractivity contribution is 5.94. The summed E-state index contributed by atoms with van der Waals surface area (Å²) in [4.78, 5) is 16.8. The Bertz CT molecular complexity index is 560. The van der Waals surface area contributed by atoms with Crippen LogP contribution >= 0.6 is 0 Å². The third-order valence-corrected chi connectivity index (χ3v) is 3.39. The number of ether oxygens (including phenoxy) is 1. The van der Waals surface area contributed by atoms with Crippen molar-refractivity contribution in [1.29, 1.82) is 0 Å². The van der Waals surface area contributed by atoms with Crippen LogP contribution in [-0.2, 0) is 4.74 Å². The standard InChI is InChI=1S/C13H17N5O2/c1-9-11(13(19)20-2)7-10(16-17-14)8-12(9)18-5-3-15-4-6-18/h7-8,15H,3-6H2,1-2H3. The van der Waals surface area contributed by atoms with Crippen molar-refractivity contribution in [3.05, 3.63) is 33.7 Å². The van der Waals surface area contributed by atoms with Crippen molar-refractivity contribution >= 4 is 17.3 Å². The number of methoxy groups -OCH3 is 1. The molecule has 0 aliphatic carbocycles. The molecule has 106 valence electrons. The molecule has 1 aliphatic rings. The average molecular weight is 275 g/mol. The van der Waals surface area contributed by atoms with Gasteiger partial charge in [-0.3, -0.25) is 0 Å². The van der Waals surface area contributed by atoms with Gasteiger partial charge in [0.1, 0.15) is 0 Å². The molecule has 1 N–H and O–H groups in total. The van der Waals surface area contributed by atoms with E-state index < -0.39 is 5.97 Å². The first-order valence-corrected chi connectivity index (χ1v) is 6.41. The predicted octanol–water partition coefficient (Wildman–Crippen LogP) is 2.13. The highest BCUT2D eigenvalue weighted by Crippen LogP contribution is 2.30. The molecule has 0 amide bonds. The van der Waals surface area contributed by atoms with Crippen molar-refractivity contribution in [2.45, 2.75) is 6.92 Å². The lowest BCUT2D eigenvalue weighted by Crippen LogP contribution is -2.43. The highest BCUT2D eigenvalue weighted by Gasteiger charge is 2.19. The number of benzene rings is 1. The minimum Gasteiger partial charge on any atom is -0.465 e. The normalized spacial score (nSPS) is 14.6. The van der Waals surface area contributed by atoms with Gasteiger partial charge in [-0.05, 0) is 30.2 Å². The quantitative estimate of drug-likeness (QED) is 0.396. The largest absolute Gasteiger partial charge is 0.465 e. The first kappa shape index (κ1) is 14.2. The smallest absolute Gasteiger partial charge is 0.338 e. The fourth-order valence-electron chi connectivity index (χ4n) is 2.35. The van der Waals surface area contributed by atoms with Crippen LogP contribution in [0.15, 0.2) is 17.2 Å². The van der Waals surface area contributed by atoms with Gasteiger partial charge in [0.05, 0.1) is 12.7 Å². The first-order chi connectivity index (χ1) is 9.67. The molecule has 1 heterocycles. The zero-order valence-electron chi connectivity index (χ0n) is 11.6. The second-order valence-corrected chi connectivity index (χ2v) is 4.56. The highest BCUT2D eigenvalue weighted by atomic mass is 16.5. The molecule has 0 unspecified atom stereocenters. The summed E-state index contributed by atoms with van der Waals surface area (Å²) in [6.45, 7) is 5.35. The fourth-order valence-corrected chi connectivity index (χ4v) is 2.35. The van der Waals surface area contributed by atoms with Crippen LogP contribution in [0.1, 0.15) is 15.9 Å². The molecule has 0 atom stereocenters. The van der Waals surface area contributed by atoms with Crippen molar-refractivity contribution in [2.75, 3.05) is 38.2 Å². The molecule has 0 radical (unpaired) electrons. The Kier molecular flexibility index (Phi) is 4.45. The number of carbonyl (C=O) groups is 1. The summed E-state index contributed by atoms with van der Waals surface area (Å²) in [5.74, 6) is -0.422. The SMILES string of the molecule is COC(=O)c1cc(N=[N+]=[N-])cc(N2CCNCC2)c1C. The van der Waals surface area contributed by atoms with Crippen LogP contribution in [0.3, 0.4) is 0 Å². The number of anilines is 1. The molecule has 7 nitrogen and oxygen atoms in total. The van der Waals surface area contributed by atoms with Crippen molar-refractivity contribution in [3.63, 3.8) is 0 Å². The molecule has 1 fully saturated rings. The Balaban J connectivity index is 2.50. The van der Waals surface area contributed by atoms with Crippen molar-refractivity contribution < 1.29 is 9.53 Å². The Morgan fingerprint density at radius 1 is 1.45 bits per heavy atom. The first-order valence-electron chi connectivity index (χ1n) is 6.41. The molecular weight excluding hydrogens is 258 g/mol. The Labute approximate surface area is 117 Å². The molecule has 7 heteroatoms. The van der Waals surface area contributed by atoms with E-state index in [0.29, 0.717) is 11.3 Å². The van der Waals surface area contributed by atoms with E-state index in [1.165, 1.54) is 7.11 Å².